The Bertz CT molecular complexity index is 226. The number of carbonyl (C=O) groups excluding carboxylic acids is 1. The van der Waals surface area contributed by atoms with Gasteiger partial charge in [-0.2, -0.15) is 11.8 Å². The standard InChI is InChI=1S/C12H21NOS/c1-10-8-12(14)2-5-13(10)9-11-3-6-15-7-4-11/h10-11H,2-9H2,1H3. The molecule has 2 aliphatic heterocycles. The molecule has 0 spiro atoms. The van der Waals surface area contributed by atoms with E-state index in [-0.39, 0.29) is 0 Å². The van der Waals surface area contributed by atoms with Crippen molar-refractivity contribution in [3.8, 4) is 0 Å². The van der Waals surface area contributed by atoms with E-state index in [1.807, 2.05) is 0 Å². The molecule has 0 N–H and O–H groups in total. The highest BCUT2D eigenvalue weighted by Gasteiger charge is 2.26. The summed E-state index contributed by atoms with van der Waals surface area (Å²) >= 11 is 2.09. The van der Waals surface area contributed by atoms with Gasteiger partial charge in [0.05, 0.1) is 0 Å². The molecule has 0 aromatic rings. The highest BCUT2D eigenvalue weighted by Crippen LogP contribution is 2.25. The maximum Gasteiger partial charge on any atom is 0.135 e. The Morgan fingerprint density at radius 2 is 2.13 bits per heavy atom. The molecule has 0 aromatic heterocycles. The molecule has 2 aliphatic rings. The van der Waals surface area contributed by atoms with Crippen molar-refractivity contribution in [2.24, 2.45) is 5.92 Å². The normalized spacial score (nSPS) is 30.7. The van der Waals surface area contributed by atoms with Gasteiger partial charge in [-0.05, 0) is 37.2 Å². The Hall–Kier alpha value is -0.0200. The van der Waals surface area contributed by atoms with Crippen LogP contribution < -0.4 is 0 Å². The van der Waals surface area contributed by atoms with Crippen LogP contribution in [-0.2, 0) is 4.79 Å². The molecule has 86 valence electrons. The number of Topliss-reactive ketones (excluding diaryl/α,β-unsaturated/α-hetero) is 1. The second-order valence-electron chi connectivity index (χ2n) is 4.89. The van der Waals surface area contributed by atoms with E-state index >= 15 is 0 Å². The van der Waals surface area contributed by atoms with Crippen LogP contribution in [0.15, 0.2) is 0 Å². The fourth-order valence-electron chi connectivity index (χ4n) is 2.58. The molecule has 0 amide bonds. The summed E-state index contributed by atoms with van der Waals surface area (Å²) in [6, 6.07) is 0.487. The number of thioether (sulfide) groups is 1. The molecule has 2 rings (SSSR count). The van der Waals surface area contributed by atoms with Crippen LogP contribution in [-0.4, -0.2) is 41.3 Å². The quantitative estimate of drug-likeness (QED) is 0.721. The van der Waals surface area contributed by atoms with Gasteiger partial charge in [-0.25, -0.2) is 0 Å². The lowest BCUT2D eigenvalue weighted by Gasteiger charge is -2.36. The molecule has 15 heavy (non-hydrogen) atoms. The number of likely N-dealkylation sites (tertiary alicyclic amines) is 1. The molecule has 2 heterocycles. The van der Waals surface area contributed by atoms with E-state index in [2.05, 4.69) is 23.6 Å². The molecule has 0 aromatic carbocycles. The molecule has 0 aliphatic carbocycles. The van der Waals surface area contributed by atoms with Crippen LogP contribution in [0.4, 0.5) is 0 Å². The first-order valence-corrected chi connectivity index (χ1v) is 7.24. The maximum atomic E-state index is 11.3. The molecule has 0 bridgehead atoms. The lowest BCUT2D eigenvalue weighted by molar-refractivity contribution is -0.123. The fourth-order valence-corrected chi connectivity index (χ4v) is 3.79. The summed E-state index contributed by atoms with van der Waals surface area (Å²) in [5, 5.41) is 0. The summed E-state index contributed by atoms with van der Waals surface area (Å²) in [5.74, 6) is 4.03. The summed E-state index contributed by atoms with van der Waals surface area (Å²) in [6.07, 6.45) is 4.32. The topological polar surface area (TPSA) is 20.3 Å². The van der Waals surface area contributed by atoms with Crippen LogP contribution in [0.3, 0.4) is 0 Å². The second kappa shape index (κ2) is 5.35. The minimum absolute atomic E-state index is 0.456. The predicted molar refractivity (Wildman–Crippen MR) is 65.3 cm³/mol. The summed E-state index contributed by atoms with van der Waals surface area (Å²) in [5.41, 5.74) is 0. The van der Waals surface area contributed by atoms with Gasteiger partial charge in [-0.3, -0.25) is 9.69 Å². The molecule has 2 saturated heterocycles. The molecule has 0 radical (unpaired) electrons. The van der Waals surface area contributed by atoms with E-state index in [9.17, 15) is 4.79 Å². The van der Waals surface area contributed by atoms with Gasteiger partial charge in [0, 0.05) is 32.0 Å². The van der Waals surface area contributed by atoms with Crippen molar-refractivity contribution in [1.29, 1.82) is 0 Å². The third-order valence-corrected chi connectivity index (χ3v) is 4.71. The molecular weight excluding hydrogens is 206 g/mol. The number of ketones is 1. The SMILES string of the molecule is CC1CC(=O)CCN1CC1CCSCC1. The average Bonchev–Trinajstić information content (AvgIpc) is 2.24. The largest absolute Gasteiger partial charge is 0.300 e. The van der Waals surface area contributed by atoms with Gasteiger partial charge in [0.15, 0.2) is 0 Å². The monoisotopic (exact) mass is 227 g/mol. The highest BCUT2D eigenvalue weighted by molar-refractivity contribution is 7.99. The summed E-state index contributed by atoms with van der Waals surface area (Å²) in [4.78, 5) is 13.8. The zero-order valence-electron chi connectivity index (χ0n) is 9.58. The smallest absolute Gasteiger partial charge is 0.135 e. The number of hydrogen-bond donors (Lipinski definition) is 0. The third-order valence-electron chi connectivity index (χ3n) is 3.66. The number of rotatable bonds is 2. The van der Waals surface area contributed by atoms with Gasteiger partial charge in [-0.1, -0.05) is 0 Å². The van der Waals surface area contributed by atoms with Gasteiger partial charge in [0.25, 0.3) is 0 Å². The van der Waals surface area contributed by atoms with Crippen molar-refractivity contribution in [2.75, 3.05) is 24.6 Å². The Morgan fingerprint density at radius 3 is 2.80 bits per heavy atom. The lowest BCUT2D eigenvalue weighted by atomic mass is 9.97. The Labute approximate surface area is 96.8 Å². The van der Waals surface area contributed by atoms with Crippen molar-refractivity contribution in [2.45, 2.75) is 38.6 Å². The zero-order valence-corrected chi connectivity index (χ0v) is 10.4. The van der Waals surface area contributed by atoms with Crippen LogP contribution in [0.25, 0.3) is 0 Å². The van der Waals surface area contributed by atoms with Gasteiger partial charge in [0.1, 0.15) is 5.78 Å². The van der Waals surface area contributed by atoms with Crippen molar-refractivity contribution in [1.82, 2.24) is 4.90 Å². The van der Waals surface area contributed by atoms with E-state index in [4.69, 9.17) is 0 Å². The van der Waals surface area contributed by atoms with E-state index in [1.54, 1.807) is 0 Å². The summed E-state index contributed by atoms with van der Waals surface area (Å²) in [7, 11) is 0. The first kappa shape index (κ1) is 11.5. The van der Waals surface area contributed by atoms with E-state index in [1.165, 1.54) is 30.9 Å². The van der Waals surface area contributed by atoms with Crippen LogP contribution in [0.1, 0.15) is 32.6 Å². The van der Waals surface area contributed by atoms with Crippen molar-refractivity contribution in [3.63, 3.8) is 0 Å². The first-order valence-electron chi connectivity index (χ1n) is 6.09. The van der Waals surface area contributed by atoms with Gasteiger partial charge >= 0.3 is 0 Å². The number of hydrogen-bond acceptors (Lipinski definition) is 3. The Balaban J connectivity index is 1.80. The third kappa shape index (κ3) is 3.22. The summed E-state index contributed by atoms with van der Waals surface area (Å²) < 4.78 is 0. The van der Waals surface area contributed by atoms with E-state index < -0.39 is 0 Å². The molecular formula is C12H21NOS. The zero-order chi connectivity index (χ0) is 10.7. The number of nitrogens with zero attached hydrogens (tertiary/aromatic N) is 1. The van der Waals surface area contributed by atoms with Gasteiger partial charge in [-0.15, -0.1) is 0 Å². The van der Waals surface area contributed by atoms with Crippen LogP contribution in [0.5, 0.6) is 0 Å². The van der Waals surface area contributed by atoms with Gasteiger partial charge in [0.2, 0.25) is 0 Å². The maximum absolute atomic E-state index is 11.3. The molecule has 0 saturated carbocycles. The molecule has 2 nitrogen and oxygen atoms in total. The van der Waals surface area contributed by atoms with Gasteiger partial charge < -0.3 is 0 Å². The minimum atomic E-state index is 0.456. The minimum Gasteiger partial charge on any atom is -0.300 e. The number of carbonyl (C=O) groups is 1. The van der Waals surface area contributed by atoms with Crippen molar-refractivity contribution < 1.29 is 4.79 Å². The molecule has 1 atom stereocenters. The molecule has 1 unspecified atom stereocenters. The lowest BCUT2D eigenvalue weighted by Crippen LogP contribution is -2.43. The highest BCUT2D eigenvalue weighted by atomic mass is 32.2. The Kier molecular flexibility index (Phi) is 4.09. The average molecular weight is 227 g/mol. The fraction of sp³-hybridized carbons (Fsp3) is 0.917. The summed E-state index contributed by atoms with van der Waals surface area (Å²) in [6.45, 7) is 4.44. The van der Waals surface area contributed by atoms with Crippen molar-refractivity contribution >= 4 is 17.5 Å². The number of piperidine rings is 1. The van der Waals surface area contributed by atoms with Crippen LogP contribution >= 0.6 is 11.8 Å². The van der Waals surface area contributed by atoms with Crippen LogP contribution in [0.2, 0.25) is 0 Å². The van der Waals surface area contributed by atoms with E-state index in [0.29, 0.717) is 11.8 Å². The second-order valence-corrected chi connectivity index (χ2v) is 6.12. The predicted octanol–water partition coefficient (Wildman–Crippen LogP) is 2.18. The van der Waals surface area contributed by atoms with E-state index in [0.717, 1.165) is 25.3 Å². The van der Waals surface area contributed by atoms with Crippen LogP contribution in [0, 0.1) is 5.92 Å². The van der Waals surface area contributed by atoms with Crippen molar-refractivity contribution in [3.05, 3.63) is 0 Å². The molecule has 2 fully saturated rings. The first-order chi connectivity index (χ1) is 7.25. The molecule has 3 heteroatoms. The Morgan fingerprint density at radius 1 is 1.40 bits per heavy atom.